The number of aliphatic hydroxyl groups excluding tert-OH is 1. The Labute approximate surface area is 326 Å². The molecule has 0 spiro atoms. The van der Waals surface area contributed by atoms with Gasteiger partial charge in [-0.15, -0.1) is 11.3 Å². The maximum atomic E-state index is 14.2. The van der Waals surface area contributed by atoms with Crippen molar-refractivity contribution >= 4 is 35.0 Å². The second-order valence-corrected chi connectivity index (χ2v) is 16.2. The molecule has 0 saturated carbocycles. The van der Waals surface area contributed by atoms with Crippen LogP contribution >= 0.6 is 11.3 Å². The van der Waals surface area contributed by atoms with E-state index in [4.69, 9.17) is 9.47 Å². The van der Waals surface area contributed by atoms with Crippen molar-refractivity contribution in [2.75, 3.05) is 48.5 Å². The maximum Gasteiger partial charge on any atom is 0.245 e. The lowest BCUT2D eigenvalue weighted by molar-refractivity contribution is -0.148. The zero-order chi connectivity index (χ0) is 40.1. The molecule has 13 heteroatoms. The minimum atomic E-state index is -0.846. The van der Waals surface area contributed by atoms with E-state index in [1.54, 1.807) is 56.5 Å². The second-order valence-electron chi connectivity index (χ2n) is 15.2. The first kappa shape index (κ1) is 45.0. The number of carbonyl (C=O) groups is 4. The van der Waals surface area contributed by atoms with Crippen LogP contribution in [0.2, 0.25) is 0 Å². The average Bonchev–Trinajstić information content (AvgIpc) is 3.87. The molecule has 1 aromatic heterocycles. The van der Waals surface area contributed by atoms with E-state index >= 15 is 0 Å². The number of hydrogen-bond donors (Lipinski definition) is 3. The minimum Gasteiger partial charge on any atom is -0.394 e. The monoisotopic (exact) mass is 771 g/mol. The smallest absolute Gasteiger partial charge is 0.245 e. The van der Waals surface area contributed by atoms with Crippen LogP contribution in [0.5, 0.6) is 0 Å². The third-order valence-electron chi connectivity index (χ3n) is 11.1. The Balaban J connectivity index is 1.78. The van der Waals surface area contributed by atoms with Gasteiger partial charge in [-0.05, 0) is 62.2 Å². The van der Waals surface area contributed by atoms with E-state index < -0.39 is 42.2 Å². The van der Waals surface area contributed by atoms with Crippen LogP contribution < -0.4 is 10.6 Å². The van der Waals surface area contributed by atoms with Crippen LogP contribution in [0.15, 0.2) is 47.8 Å². The Kier molecular flexibility index (Phi) is 18.1. The Bertz CT molecular complexity index is 1460. The molecular weight excluding hydrogens is 707 g/mol. The fourth-order valence-corrected chi connectivity index (χ4v) is 8.41. The van der Waals surface area contributed by atoms with E-state index in [1.165, 1.54) is 0 Å². The first-order chi connectivity index (χ1) is 25.7. The molecule has 12 nitrogen and oxygen atoms in total. The highest BCUT2D eigenvalue weighted by molar-refractivity contribution is 7.10. The summed E-state index contributed by atoms with van der Waals surface area (Å²) in [6, 6.07) is 11.5. The summed E-state index contributed by atoms with van der Waals surface area (Å²) >= 11 is 1.61. The number of nitrogens with zero attached hydrogens (tertiary/aromatic N) is 3. The molecule has 3 N–H and O–H groups in total. The summed E-state index contributed by atoms with van der Waals surface area (Å²) in [4.78, 5) is 61.5. The molecule has 0 radical (unpaired) electrons. The number of amides is 4. The summed E-state index contributed by atoms with van der Waals surface area (Å²) in [5.74, 6) is -1.80. The van der Waals surface area contributed by atoms with Crippen LogP contribution in [0.1, 0.15) is 76.8 Å². The van der Waals surface area contributed by atoms with E-state index in [0.717, 1.165) is 23.3 Å². The van der Waals surface area contributed by atoms with Gasteiger partial charge in [0.1, 0.15) is 12.1 Å². The second kappa shape index (κ2) is 21.7. The number of likely N-dealkylation sites (N-methyl/N-ethyl adjacent to an activating group) is 2. The normalized spacial score (nSPS) is 19.1. The van der Waals surface area contributed by atoms with Crippen molar-refractivity contribution in [1.82, 2.24) is 25.3 Å². The standard InChI is InChI=1S/C41H65N5O7S/c1-11-27(4)37(45(8)41(51)36(26(2)3)43-40(50)32(25-47)44(6)7)33(52-9)24-35(48)46-21-15-19-31(46)38(53-10)28(5)39(49)42-30(34-20-16-22-54-34)23-29-17-13-12-14-18-29/h12-14,16-18,20,22,26-28,30-33,36-38,47H,11,15,19,21,23-25H2,1-10H3,(H,42,49)(H,43,50)/t27-,28+,30?,31-,32-,33+,36-,37-,38+/m0/s1. The van der Waals surface area contributed by atoms with Crippen molar-refractivity contribution < 1.29 is 33.8 Å². The third kappa shape index (κ3) is 11.6. The number of thiophene rings is 1. The van der Waals surface area contributed by atoms with Crippen molar-refractivity contribution in [3.05, 3.63) is 58.3 Å². The van der Waals surface area contributed by atoms with Gasteiger partial charge in [0.15, 0.2) is 0 Å². The molecule has 1 aliphatic heterocycles. The zero-order valence-corrected chi connectivity index (χ0v) is 34.8. The van der Waals surface area contributed by atoms with Crippen LogP contribution in [0.3, 0.4) is 0 Å². The van der Waals surface area contributed by atoms with E-state index in [-0.39, 0.29) is 54.7 Å². The van der Waals surface area contributed by atoms with Crippen LogP contribution in [0.25, 0.3) is 0 Å². The lowest BCUT2D eigenvalue weighted by Gasteiger charge is -2.41. The van der Waals surface area contributed by atoms with E-state index in [0.29, 0.717) is 19.4 Å². The molecule has 0 aliphatic carbocycles. The van der Waals surface area contributed by atoms with Crippen molar-refractivity contribution in [2.45, 2.75) is 109 Å². The minimum absolute atomic E-state index is 0.0279. The molecule has 54 heavy (non-hydrogen) atoms. The van der Waals surface area contributed by atoms with Gasteiger partial charge in [-0.1, -0.05) is 77.4 Å². The van der Waals surface area contributed by atoms with Crippen LogP contribution in [0, 0.1) is 17.8 Å². The molecule has 1 unspecified atom stereocenters. The number of nitrogens with one attached hydrogen (secondary N) is 2. The molecule has 2 heterocycles. The van der Waals surface area contributed by atoms with Crippen molar-refractivity contribution in [3.8, 4) is 0 Å². The van der Waals surface area contributed by atoms with Gasteiger partial charge < -0.3 is 35.0 Å². The molecule has 302 valence electrons. The van der Waals surface area contributed by atoms with Crippen LogP contribution in [-0.2, 0) is 35.1 Å². The lowest BCUT2D eigenvalue weighted by atomic mass is 9.89. The Morgan fingerprint density at radius 1 is 0.963 bits per heavy atom. The molecule has 1 saturated heterocycles. The van der Waals surface area contributed by atoms with Gasteiger partial charge in [0.2, 0.25) is 23.6 Å². The number of carbonyl (C=O) groups excluding carboxylic acids is 4. The molecular formula is C41H65N5O7S. The number of likely N-dealkylation sites (tertiary alicyclic amines) is 1. The zero-order valence-electron chi connectivity index (χ0n) is 34.0. The quantitative estimate of drug-likeness (QED) is 0.172. The van der Waals surface area contributed by atoms with Gasteiger partial charge in [-0.25, -0.2) is 0 Å². The predicted octanol–water partition coefficient (Wildman–Crippen LogP) is 4.13. The largest absolute Gasteiger partial charge is 0.394 e. The fourth-order valence-electron chi connectivity index (χ4n) is 7.63. The summed E-state index contributed by atoms with van der Waals surface area (Å²) in [5.41, 5.74) is 1.12. The van der Waals surface area contributed by atoms with E-state index in [9.17, 15) is 24.3 Å². The van der Waals surface area contributed by atoms with Gasteiger partial charge >= 0.3 is 0 Å². The predicted molar refractivity (Wildman–Crippen MR) is 213 cm³/mol. The summed E-state index contributed by atoms with van der Waals surface area (Å²) < 4.78 is 12.0. The number of rotatable bonds is 21. The highest BCUT2D eigenvalue weighted by atomic mass is 32.1. The van der Waals surface area contributed by atoms with Crippen LogP contribution in [0.4, 0.5) is 0 Å². The SMILES string of the molecule is CC[C@H](C)[C@@H]([C@@H](CC(=O)N1CCC[C@H]1[C@H](OC)[C@@H](C)C(=O)NC(Cc1ccccc1)c1cccs1)OC)N(C)C(=O)[C@@H](NC(=O)[C@H](CO)N(C)C)C(C)C. The van der Waals surface area contributed by atoms with Crippen molar-refractivity contribution in [1.29, 1.82) is 0 Å². The van der Waals surface area contributed by atoms with Gasteiger partial charge in [0, 0.05) is 32.7 Å². The molecule has 0 bridgehead atoms. The molecule has 3 rings (SSSR count). The average molecular weight is 772 g/mol. The topological polar surface area (TPSA) is 141 Å². The number of aliphatic hydroxyl groups is 1. The third-order valence-corrected chi connectivity index (χ3v) is 12.1. The number of benzene rings is 1. The number of ether oxygens (including phenoxy) is 2. The Morgan fingerprint density at radius 2 is 1.65 bits per heavy atom. The number of hydrogen-bond acceptors (Lipinski definition) is 9. The highest BCUT2D eigenvalue weighted by Gasteiger charge is 2.43. The Hall–Kier alpha value is -3.36. The van der Waals surface area contributed by atoms with Crippen molar-refractivity contribution in [3.63, 3.8) is 0 Å². The summed E-state index contributed by atoms with van der Waals surface area (Å²) in [5, 5.41) is 18.0. The van der Waals surface area contributed by atoms with Gasteiger partial charge in [0.05, 0.1) is 49.3 Å². The molecule has 4 amide bonds. The maximum absolute atomic E-state index is 14.2. The molecule has 2 aromatic rings. The molecule has 9 atom stereocenters. The summed E-state index contributed by atoms with van der Waals surface area (Å²) in [7, 11) is 8.25. The van der Waals surface area contributed by atoms with Crippen LogP contribution in [-0.4, -0.2) is 128 Å². The Morgan fingerprint density at radius 3 is 2.19 bits per heavy atom. The first-order valence-electron chi connectivity index (χ1n) is 19.3. The number of methoxy groups -OCH3 is 2. The lowest BCUT2D eigenvalue weighted by Crippen LogP contribution is -2.59. The van der Waals surface area contributed by atoms with Gasteiger partial charge in [0.25, 0.3) is 0 Å². The van der Waals surface area contributed by atoms with E-state index in [2.05, 4.69) is 22.8 Å². The molecule has 1 fully saturated rings. The van der Waals surface area contributed by atoms with E-state index in [1.807, 2.05) is 75.2 Å². The molecule has 1 aliphatic rings. The summed E-state index contributed by atoms with van der Waals surface area (Å²) in [6.07, 6.45) is 1.71. The highest BCUT2D eigenvalue weighted by Crippen LogP contribution is 2.31. The fraction of sp³-hybridized carbons (Fsp3) is 0.659. The summed E-state index contributed by atoms with van der Waals surface area (Å²) in [6.45, 7) is 9.80. The van der Waals surface area contributed by atoms with Gasteiger partial charge in [-0.2, -0.15) is 0 Å². The first-order valence-corrected chi connectivity index (χ1v) is 20.1. The van der Waals surface area contributed by atoms with Crippen molar-refractivity contribution in [2.24, 2.45) is 17.8 Å². The van der Waals surface area contributed by atoms with Gasteiger partial charge in [-0.3, -0.25) is 24.1 Å². The molecule has 1 aromatic carbocycles.